The fourth-order valence-electron chi connectivity index (χ4n) is 3.25. The quantitative estimate of drug-likeness (QED) is 0.636. The number of nitrogens with zero attached hydrogens (tertiary/aromatic N) is 4. The molecule has 1 fully saturated rings. The summed E-state index contributed by atoms with van der Waals surface area (Å²) in [5, 5.41) is 4.08. The molecule has 0 radical (unpaired) electrons. The molecule has 29 heavy (non-hydrogen) atoms. The molecule has 0 N–H and O–H groups in total. The third-order valence-corrected chi connectivity index (χ3v) is 8.67. The molecule has 2 aromatic rings. The van der Waals surface area contributed by atoms with Gasteiger partial charge in [0.05, 0.1) is 24.8 Å². The molecular formula is C17H24N4O6S2. The van der Waals surface area contributed by atoms with Crippen LogP contribution in [-0.4, -0.2) is 75.6 Å². The van der Waals surface area contributed by atoms with Crippen LogP contribution >= 0.6 is 0 Å². The highest BCUT2D eigenvalue weighted by Crippen LogP contribution is 2.31. The number of hydrogen-bond donors (Lipinski definition) is 0. The van der Waals surface area contributed by atoms with Gasteiger partial charge in [-0.3, -0.25) is 4.68 Å². The highest BCUT2D eigenvalue weighted by Gasteiger charge is 2.35. The molecule has 1 aromatic heterocycles. The van der Waals surface area contributed by atoms with E-state index in [1.54, 1.807) is 14.0 Å². The summed E-state index contributed by atoms with van der Waals surface area (Å²) in [5.41, 5.74) is 0.410. The van der Waals surface area contributed by atoms with Gasteiger partial charge in [0, 0.05) is 45.5 Å². The second-order valence-electron chi connectivity index (χ2n) is 6.58. The normalized spacial score (nSPS) is 16.7. The van der Waals surface area contributed by atoms with Crippen LogP contribution in [0, 0.1) is 6.92 Å². The molecule has 1 aliphatic rings. The highest BCUT2D eigenvalue weighted by molar-refractivity contribution is 7.89. The summed E-state index contributed by atoms with van der Waals surface area (Å²) in [6, 6.07) is 4.37. The minimum Gasteiger partial charge on any atom is -0.493 e. The molecule has 10 nitrogen and oxygen atoms in total. The average molecular weight is 445 g/mol. The number of methoxy groups -OCH3 is 2. The minimum absolute atomic E-state index is 0.0508. The van der Waals surface area contributed by atoms with Crippen molar-refractivity contribution in [3.05, 3.63) is 30.1 Å². The first kappa shape index (κ1) is 21.6. The fraction of sp³-hybridized carbons (Fsp3) is 0.471. The first-order chi connectivity index (χ1) is 13.6. The Bertz CT molecular complexity index is 1100. The van der Waals surface area contributed by atoms with E-state index >= 15 is 0 Å². The number of benzene rings is 1. The van der Waals surface area contributed by atoms with Gasteiger partial charge in [0.25, 0.3) is 0 Å². The van der Waals surface area contributed by atoms with Crippen molar-refractivity contribution in [2.24, 2.45) is 7.05 Å². The lowest BCUT2D eigenvalue weighted by molar-refractivity contribution is 0.272. The Labute approximate surface area is 170 Å². The summed E-state index contributed by atoms with van der Waals surface area (Å²) in [6.07, 6.45) is 1.46. The summed E-state index contributed by atoms with van der Waals surface area (Å²) in [6.45, 7) is 1.85. The molecule has 160 valence electrons. The lowest BCUT2D eigenvalue weighted by Crippen LogP contribution is -2.50. The molecule has 0 atom stereocenters. The highest BCUT2D eigenvalue weighted by atomic mass is 32.2. The van der Waals surface area contributed by atoms with Crippen LogP contribution in [0.2, 0.25) is 0 Å². The van der Waals surface area contributed by atoms with E-state index in [4.69, 9.17) is 9.47 Å². The van der Waals surface area contributed by atoms with E-state index in [2.05, 4.69) is 5.10 Å². The molecule has 1 saturated heterocycles. The summed E-state index contributed by atoms with van der Waals surface area (Å²) in [4.78, 5) is 0.200. The van der Waals surface area contributed by atoms with Gasteiger partial charge in [0.1, 0.15) is 4.90 Å². The third kappa shape index (κ3) is 3.97. The van der Waals surface area contributed by atoms with Crippen LogP contribution in [-0.2, 0) is 27.1 Å². The lowest BCUT2D eigenvalue weighted by atomic mass is 10.3. The maximum absolute atomic E-state index is 13.0. The summed E-state index contributed by atoms with van der Waals surface area (Å²) in [7, 11) is -2.98. The van der Waals surface area contributed by atoms with E-state index in [0.717, 1.165) is 0 Å². The Morgan fingerprint density at radius 1 is 0.897 bits per heavy atom. The Morgan fingerprint density at radius 2 is 1.45 bits per heavy atom. The van der Waals surface area contributed by atoms with Crippen molar-refractivity contribution in [1.82, 2.24) is 18.4 Å². The molecule has 0 saturated carbocycles. The largest absolute Gasteiger partial charge is 0.493 e. The van der Waals surface area contributed by atoms with Crippen molar-refractivity contribution >= 4 is 20.0 Å². The molecule has 0 unspecified atom stereocenters. The Kier molecular flexibility index (Phi) is 5.90. The molecule has 12 heteroatoms. The molecular weight excluding hydrogens is 420 g/mol. The second kappa shape index (κ2) is 7.94. The Morgan fingerprint density at radius 3 is 1.93 bits per heavy atom. The van der Waals surface area contributed by atoms with Crippen molar-refractivity contribution in [3.63, 3.8) is 0 Å². The van der Waals surface area contributed by atoms with Crippen LogP contribution in [0.25, 0.3) is 0 Å². The van der Waals surface area contributed by atoms with E-state index in [0.29, 0.717) is 17.2 Å². The van der Waals surface area contributed by atoms with Crippen LogP contribution in [0.4, 0.5) is 0 Å². The topological polar surface area (TPSA) is 111 Å². The predicted molar refractivity (Wildman–Crippen MR) is 105 cm³/mol. The Balaban J connectivity index is 1.79. The molecule has 1 aromatic carbocycles. The molecule has 1 aliphatic heterocycles. The molecule has 2 heterocycles. The van der Waals surface area contributed by atoms with E-state index in [1.165, 1.54) is 51.9 Å². The third-order valence-electron chi connectivity index (χ3n) is 4.78. The van der Waals surface area contributed by atoms with Crippen molar-refractivity contribution in [2.75, 3.05) is 40.4 Å². The summed E-state index contributed by atoms with van der Waals surface area (Å²) in [5.74, 6) is 0.732. The van der Waals surface area contributed by atoms with Gasteiger partial charge in [-0.2, -0.15) is 13.7 Å². The number of aromatic nitrogens is 2. The average Bonchev–Trinajstić information content (AvgIpc) is 3.06. The molecule has 0 bridgehead atoms. The minimum atomic E-state index is -3.80. The summed E-state index contributed by atoms with van der Waals surface area (Å²) < 4.78 is 66.1. The van der Waals surface area contributed by atoms with Gasteiger partial charge < -0.3 is 9.47 Å². The number of rotatable bonds is 6. The van der Waals surface area contributed by atoms with Crippen LogP contribution < -0.4 is 9.47 Å². The summed E-state index contributed by atoms with van der Waals surface area (Å²) >= 11 is 0. The van der Waals surface area contributed by atoms with Crippen molar-refractivity contribution in [1.29, 1.82) is 0 Å². The van der Waals surface area contributed by atoms with Crippen LogP contribution in [0.5, 0.6) is 11.5 Å². The predicted octanol–water partition coefficient (Wildman–Crippen LogP) is 0.441. The monoisotopic (exact) mass is 444 g/mol. The first-order valence-corrected chi connectivity index (χ1v) is 11.7. The fourth-order valence-corrected chi connectivity index (χ4v) is 6.31. The van der Waals surface area contributed by atoms with Crippen molar-refractivity contribution in [2.45, 2.75) is 16.7 Å². The van der Waals surface area contributed by atoms with Crippen LogP contribution in [0.3, 0.4) is 0 Å². The van der Waals surface area contributed by atoms with Gasteiger partial charge in [-0.1, -0.05) is 0 Å². The van der Waals surface area contributed by atoms with E-state index in [9.17, 15) is 16.8 Å². The standard InChI is InChI=1S/C17H24N4O6S2/c1-13-17(12-19(2)18-13)29(24,25)21-9-7-20(8-10-21)28(22,23)14-5-6-15(26-3)16(11-14)27-4/h5-6,11-12H,7-10H2,1-4H3. The molecule has 0 aliphatic carbocycles. The van der Waals surface area contributed by atoms with Gasteiger partial charge in [0.2, 0.25) is 20.0 Å². The molecule has 0 amide bonds. The zero-order valence-corrected chi connectivity index (χ0v) is 18.3. The van der Waals surface area contributed by atoms with Gasteiger partial charge >= 0.3 is 0 Å². The molecule has 0 spiro atoms. The maximum Gasteiger partial charge on any atom is 0.246 e. The van der Waals surface area contributed by atoms with Gasteiger partial charge in [-0.15, -0.1) is 0 Å². The SMILES string of the molecule is COc1ccc(S(=O)(=O)N2CCN(S(=O)(=O)c3cn(C)nc3C)CC2)cc1OC. The zero-order chi connectivity index (χ0) is 21.4. The smallest absolute Gasteiger partial charge is 0.246 e. The van der Waals surface area contributed by atoms with E-state index in [-0.39, 0.29) is 36.0 Å². The van der Waals surface area contributed by atoms with Crippen molar-refractivity contribution in [3.8, 4) is 11.5 Å². The van der Waals surface area contributed by atoms with Gasteiger partial charge in [-0.25, -0.2) is 16.8 Å². The van der Waals surface area contributed by atoms with E-state index in [1.807, 2.05) is 0 Å². The second-order valence-corrected chi connectivity index (χ2v) is 10.4. The van der Waals surface area contributed by atoms with Gasteiger partial charge in [-0.05, 0) is 19.1 Å². The van der Waals surface area contributed by atoms with Crippen LogP contribution in [0.1, 0.15) is 5.69 Å². The number of ether oxygens (including phenoxy) is 2. The molecule has 3 rings (SSSR count). The van der Waals surface area contributed by atoms with Gasteiger partial charge in [0.15, 0.2) is 11.5 Å². The van der Waals surface area contributed by atoms with Crippen molar-refractivity contribution < 1.29 is 26.3 Å². The first-order valence-electron chi connectivity index (χ1n) is 8.84. The number of hydrogen-bond acceptors (Lipinski definition) is 7. The Hall–Kier alpha value is -2.15. The van der Waals surface area contributed by atoms with E-state index < -0.39 is 20.0 Å². The zero-order valence-electron chi connectivity index (χ0n) is 16.7. The van der Waals surface area contributed by atoms with Crippen LogP contribution in [0.15, 0.2) is 34.2 Å². The number of sulfonamides is 2. The lowest BCUT2D eigenvalue weighted by Gasteiger charge is -2.33. The maximum atomic E-state index is 13.0. The number of piperazine rings is 1. The number of aryl methyl sites for hydroxylation is 2.